The summed E-state index contributed by atoms with van der Waals surface area (Å²) in [6, 6.07) is 6.13. The Morgan fingerprint density at radius 1 is 1.64 bits per heavy atom. The van der Waals surface area contributed by atoms with Crippen LogP contribution in [-0.2, 0) is 16.2 Å². The molecule has 1 atom stereocenters. The average molecular weight is 198 g/mol. The largest absolute Gasteiger partial charge is 0.467 e. The minimum absolute atomic E-state index is 0.340. The van der Waals surface area contributed by atoms with Crippen molar-refractivity contribution >= 4 is 5.97 Å². The molecule has 1 aromatic rings. The molecule has 0 amide bonds. The zero-order chi connectivity index (χ0) is 10.6. The number of aliphatic hydroxyl groups is 1. The Morgan fingerprint density at radius 3 is 2.93 bits per heavy atom. The monoisotopic (exact) mass is 198 g/mol. The number of benzene rings is 1. The summed E-state index contributed by atoms with van der Waals surface area (Å²) < 4.78 is 16.6. The van der Waals surface area contributed by atoms with E-state index < -0.39 is 18.7 Å². The average Bonchev–Trinajstić information content (AvgIpc) is 2.27. The van der Waals surface area contributed by atoms with Gasteiger partial charge in [-0.25, -0.2) is 9.18 Å². The Kier molecular flexibility index (Phi) is 3.59. The maximum atomic E-state index is 12.3. The molecule has 0 bridgehead atoms. The van der Waals surface area contributed by atoms with Gasteiger partial charge in [-0.15, -0.1) is 0 Å². The Labute approximate surface area is 81.1 Å². The smallest absolute Gasteiger partial charge is 0.339 e. The number of methoxy groups -OCH3 is 1. The molecule has 0 aliphatic carbocycles. The van der Waals surface area contributed by atoms with Crippen LogP contribution in [0.2, 0.25) is 0 Å². The molecule has 1 rings (SSSR count). The lowest BCUT2D eigenvalue weighted by atomic mass is 10.1. The molecule has 1 unspecified atom stereocenters. The molecule has 14 heavy (non-hydrogen) atoms. The number of rotatable bonds is 3. The Balaban J connectivity index is 2.89. The SMILES string of the molecule is COC(=O)C(O)c1cccc(CF)c1. The molecule has 0 saturated carbocycles. The van der Waals surface area contributed by atoms with Crippen LogP contribution in [0.4, 0.5) is 4.39 Å². The van der Waals surface area contributed by atoms with Crippen molar-refractivity contribution in [2.45, 2.75) is 12.8 Å². The third-order valence-electron chi connectivity index (χ3n) is 1.85. The topological polar surface area (TPSA) is 46.5 Å². The van der Waals surface area contributed by atoms with Crippen LogP contribution in [-0.4, -0.2) is 18.2 Å². The molecule has 76 valence electrons. The van der Waals surface area contributed by atoms with Gasteiger partial charge < -0.3 is 9.84 Å². The van der Waals surface area contributed by atoms with E-state index in [0.717, 1.165) is 0 Å². The highest BCUT2D eigenvalue weighted by molar-refractivity contribution is 5.76. The maximum Gasteiger partial charge on any atom is 0.339 e. The fraction of sp³-hybridized carbons (Fsp3) is 0.300. The van der Waals surface area contributed by atoms with Crippen LogP contribution in [0.15, 0.2) is 24.3 Å². The summed E-state index contributed by atoms with van der Waals surface area (Å²) in [4.78, 5) is 10.9. The summed E-state index contributed by atoms with van der Waals surface area (Å²) in [5.74, 6) is -0.749. The van der Waals surface area contributed by atoms with Gasteiger partial charge in [0.15, 0.2) is 6.10 Å². The highest BCUT2D eigenvalue weighted by atomic mass is 19.1. The fourth-order valence-electron chi connectivity index (χ4n) is 1.09. The van der Waals surface area contributed by atoms with Crippen LogP contribution in [0.1, 0.15) is 17.2 Å². The predicted octanol–water partition coefficient (Wildman–Crippen LogP) is 1.36. The molecule has 4 heteroatoms. The number of hydrogen-bond acceptors (Lipinski definition) is 3. The van der Waals surface area contributed by atoms with Crippen molar-refractivity contribution in [1.29, 1.82) is 0 Å². The van der Waals surface area contributed by atoms with Crippen LogP contribution in [0.25, 0.3) is 0 Å². The number of esters is 1. The van der Waals surface area contributed by atoms with Gasteiger partial charge >= 0.3 is 5.97 Å². The Bertz CT molecular complexity index is 325. The molecule has 0 fully saturated rings. The van der Waals surface area contributed by atoms with Crippen LogP contribution in [0.5, 0.6) is 0 Å². The third-order valence-corrected chi connectivity index (χ3v) is 1.85. The minimum atomic E-state index is -1.34. The van der Waals surface area contributed by atoms with Crippen LogP contribution in [0.3, 0.4) is 0 Å². The van der Waals surface area contributed by atoms with Gasteiger partial charge in [-0.2, -0.15) is 0 Å². The van der Waals surface area contributed by atoms with E-state index in [-0.39, 0.29) is 0 Å². The van der Waals surface area contributed by atoms with Crippen LogP contribution < -0.4 is 0 Å². The molecule has 1 aromatic carbocycles. The summed E-state index contributed by atoms with van der Waals surface area (Å²) in [6.07, 6.45) is -1.34. The zero-order valence-corrected chi connectivity index (χ0v) is 7.74. The Hall–Kier alpha value is -1.42. The van der Waals surface area contributed by atoms with Gasteiger partial charge in [0.1, 0.15) is 6.67 Å². The first-order chi connectivity index (χ1) is 6.69. The summed E-state index contributed by atoms with van der Waals surface area (Å²) in [5, 5.41) is 9.41. The van der Waals surface area contributed by atoms with E-state index in [9.17, 15) is 14.3 Å². The minimum Gasteiger partial charge on any atom is -0.467 e. The van der Waals surface area contributed by atoms with E-state index in [1.165, 1.54) is 13.2 Å². The lowest BCUT2D eigenvalue weighted by Crippen LogP contribution is -2.13. The molecule has 0 aliphatic heterocycles. The first-order valence-corrected chi connectivity index (χ1v) is 4.09. The van der Waals surface area contributed by atoms with Crippen molar-refractivity contribution in [3.05, 3.63) is 35.4 Å². The maximum absolute atomic E-state index is 12.3. The molecule has 0 heterocycles. The molecule has 0 spiro atoms. The standard InChI is InChI=1S/C10H11FO3/c1-14-10(13)9(12)8-4-2-3-7(5-8)6-11/h2-5,9,12H,6H2,1H3. The Morgan fingerprint density at radius 2 is 2.36 bits per heavy atom. The van der Waals surface area contributed by atoms with Crippen molar-refractivity contribution in [2.75, 3.05) is 7.11 Å². The number of aliphatic hydroxyl groups excluding tert-OH is 1. The third kappa shape index (κ3) is 2.29. The molecular formula is C10H11FO3. The number of alkyl halides is 1. The molecule has 0 aromatic heterocycles. The zero-order valence-electron chi connectivity index (χ0n) is 7.74. The highest BCUT2D eigenvalue weighted by Crippen LogP contribution is 2.16. The lowest BCUT2D eigenvalue weighted by molar-refractivity contribution is -0.150. The van der Waals surface area contributed by atoms with Gasteiger partial charge in [0, 0.05) is 0 Å². The molecular weight excluding hydrogens is 187 g/mol. The number of carbonyl (C=O) groups excluding carboxylic acids is 1. The van der Waals surface area contributed by atoms with Crippen molar-refractivity contribution in [3.8, 4) is 0 Å². The summed E-state index contributed by atoms with van der Waals surface area (Å²) in [7, 11) is 1.19. The summed E-state index contributed by atoms with van der Waals surface area (Å²) in [5.41, 5.74) is 0.762. The van der Waals surface area contributed by atoms with Crippen molar-refractivity contribution in [3.63, 3.8) is 0 Å². The van der Waals surface area contributed by atoms with Gasteiger partial charge in [-0.05, 0) is 17.2 Å². The second-order valence-corrected chi connectivity index (χ2v) is 2.80. The van der Waals surface area contributed by atoms with E-state index in [1.807, 2.05) is 0 Å². The van der Waals surface area contributed by atoms with Gasteiger partial charge in [0.2, 0.25) is 0 Å². The van der Waals surface area contributed by atoms with Crippen LogP contribution >= 0.6 is 0 Å². The van der Waals surface area contributed by atoms with E-state index in [4.69, 9.17) is 0 Å². The van der Waals surface area contributed by atoms with Crippen LogP contribution in [0, 0.1) is 0 Å². The summed E-state index contributed by atoms with van der Waals surface area (Å²) in [6.45, 7) is -0.623. The number of ether oxygens (including phenoxy) is 1. The van der Waals surface area contributed by atoms with Crippen molar-refractivity contribution < 1.29 is 19.0 Å². The quantitative estimate of drug-likeness (QED) is 0.746. The predicted molar refractivity (Wildman–Crippen MR) is 48.2 cm³/mol. The van der Waals surface area contributed by atoms with E-state index in [1.54, 1.807) is 18.2 Å². The van der Waals surface area contributed by atoms with Crippen molar-refractivity contribution in [1.82, 2.24) is 0 Å². The van der Waals surface area contributed by atoms with Gasteiger partial charge in [-0.3, -0.25) is 0 Å². The van der Waals surface area contributed by atoms with Gasteiger partial charge in [-0.1, -0.05) is 18.2 Å². The van der Waals surface area contributed by atoms with E-state index in [0.29, 0.717) is 11.1 Å². The second-order valence-electron chi connectivity index (χ2n) is 2.80. The van der Waals surface area contributed by atoms with Gasteiger partial charge in [0.05, 0.1) is 7.11 Å². The van der Waals surface area contributed by atoms with E-state index >= 15 is 0 Å². The molecule has 1 N–H and O–H groups in total. The molecule has 0 saturated heterocycles. The molecule has 0 radical (unpaired) electrons. The van der Waals surface area contributed by atoms with E-state index in [2.05, 4.69) is 4.74 Å². The highest BCUT2D eigenvalue weighted by Gasteiger charge is 2.17. The van der Waals surface area contributed by atoms with Gasteiger partial charge in [0.25, 0.3) is 0 Å². The first-order valence-electron chi connectivity index (χ1n) is 4.09. The second kappa shape index (κ2) is 4.72. The number of halogens is 1. The van der Waals surface area contributed by atoms with Crippen molar-refractivity contribution in [2.24, 2.45) is 0 Å². The molecule has 0 aliphatic rings. The fourth-order valence-corrected chi connectivity index (χ4v) is 1.09. The molecule has 3 nitrogen and oxygen atoms in total. The lowest BCUT2D eigenvalue weighted by Gasteiger charge is -2.08. The normalized spacial score (nSPS) is 12.2. The number of hydrogen-bond donors (Lipinski definition) is 1. The first kappa shape index (κ1) is 10.7. The number of carbonyl (C=O) groups is 1. The summed E-state index contributed by atoms with van der Waals surface area (Å²) >= 11 is 0.